The van der Waals surface area contributed by atoms with E-state index in [0.29, 0.717) is 47.8 Å². The van der Waals surface area contributed by atoms with Gasteiger partial charge in [-0.1, -0.05) is 17.7 Å². The number of morpholine rings is 1. The molecule has 1 aliphatic heterocycles. The Kier molecular flexibility index (Phi) is 11.1. The van der Waals surface area contributed by atoms with E-state index in [4.69, 9.17) is 35.6 Å². The van der Waals surface area contributed by atoms with Crippen LogP contribution in [0.15, 0.2) is 43.1 Å². The molecule has 252 valence electrons. The third-order valence-electron chi connectivity index (χ3n) is 8.79. The van der Waals surface area contributed by atoms with E-state index in [-0.39, 0.29) is 12.2 Å². The van der Waals surface area contributed by atoms with E-state index in [2.05, 4.69) is 40.4 Å². The van der Waals surface area contributed by atoms with Crippen molar-refractivity contribution in [2.45, 2.75) is 76.8 Å². The first-order valence-corrected chi connectivity index (χ1v) is 16.7. The maximum absolute atomic E-state index is 6.46. The molecule has 14 nitrogen and oxygen atoms in total. The van der Waals surface area contributed by atoms with Crippen LogP contribution in [0.2, 0.25) is 5.02 Å². The van der Waals surface area contributed by atoms with Crippen molar-refractivity contribution in [3.63, 3.8) is 0 Å². The lowest BCUT2D eigenvalue weighted by Gasteiger charge is -2.38. The van der Waals surface area contributed by atoms with E-state index < -0.39 is 0 Å². The van der Waals surface area contributed by atoms with Gasteiger partial charge in [-0.15, -0.1) is 10.2 Å². The van der Waals surface area contributed by atoms with Gasteiger partial charge >= 0.3 is 0 Å². The highest BCUT2D eigenvalue weighted by Gasteiger charge is 2.29. The molecular formula is C32H43ClN10O4. The van der Waals surface area contributed by atoms with Gasteiger partial charge in [0.2, 0.25) is 5.95 Å². The largest absolute Gasteiger partial charge is 0.487 e. The Hall–Kier alpha value is -3.85. The molecule has 4 aromatic rings. The lowest BCUT2D eigenvalue weighted by atomic mass is 9.90. The first kappa shape index (κ1) is 33.1. The second kappa shape index (κ2) is 15.8. The molecule has 2 unspecified atom stereocenters. The van der Waals surface area contributed by atoms with E-state index in [1.807, 2.05) is 32.2 Å². The Morgan fingerprint density at radius 3 is 2.51 bits per heavy atom. The minimum Gasteiger partial charge on any atom is -0.487 e. The van der Waals surface area contributed by atoms with Crippen molar-refractivity contribution >= 4 is 23.2 Å². The summed E-state index contributed by atoms with van der Waals surface area (Å²) in [5, 5.41) is 20.0. The Balaban J connectivity index is 1.12. The molecule has 0 radical (unpaired) electrons. The lowest BCUT2D eigenvalue weighted by molar-refractivity contribution is 0.00502. The van der Waals surface area contributed by atoms with Crippen LogP contribution in [0.5, 0.6) is 11.6 Å². The first-order chi connectivity index (χ1) is 22.9. The summed E-state index contributed by atoms with van der Waals surface area (Å²) in [5.74, 6) is 1.54. The summed E-state index contributed by atoms with van der Waals surface area (Å²) in [6, 6.07) is 6.53. The number of hydrogen-bond donors (Lipinski definition) is 1. The summed E-state index contributed by atoms with van der Waals surface area (Å²) < 4.78 is 26.9. The highest BCUT2D eigenvalue weighted by Crippen LogP contribution is 2.35. The summed E-state index contributed by atoms with van der Waals surface area (Å²) in [4.78, 5) is 11.8. The highest BCUT2D eigenvalue weighted by molar-refractivity contribution is 6.32. The van der Waals surface area contributed by atoms with Crippen molar-refractivity contribution in [3.05, 3.63) is 48.1 Å². The summed E-state index contributed by atoms with van der Waals surface area (Å²) in [7, 11) is 1.71. The molecule has 6 rings (SSSR count). The fraction of sp³-hybridized carbons (Fsp3) is 0.562. The van der Waals surface area contributed by atoms with Gasteiger partial charge in [0.25, 0.3) is 5.88 Å². The molecule has 0 spiro atoms. The molecule has 2 atom stereocenters. The molecule has 2 aliphatic rings. The number of halogens is 1. The molecule has 1 saturated carbocycles. The van der Waals surface area contributed by atoms with E-state index >= 15 is 0 Å². The fourth-order valence-corrected chi connectivity index (χ4v) is 6.20. The van der Waals surface area contributed by atoms with E-state index in [0.717, 1.165) is 75.2 Å². The van der Waals surface area contributed by atoms with Crippen LogP contribution in [0.1, 0.15) is 52.0 Å². The maximum Gasteiger partial charge on any atom is 0.256 e. The number of aromatic nitrogens is 8. The van der Waals surface area contributed by atoms with Crippen LogP contribution in [-0.2, 0) is 16.0 Å². The number of nitrogens with one attached hydrogen (secondary N) is 1. The van der Waals surface area contributed by atoms with Gasteiger partial charge in [-0.3, -0.25) is 9.58 Å². The van der Waals surface area contributed by atoms with Gasteiger partial charge in [-0.2, -0.15) is 0 Å². The van der Waals surface area contributed by atoms with Crippen LogP contribution in [0.3, 0.4) is 0 Å². The van der Waals surface area contributed by atoms with Gasteiger partial charge in [0.05, 0.1) is 49.7 Å². The van der Waals surface area contributed by atoms with E-state index in [1.54, 1.807) is 36.6 Å². The van der Waals surface area contributed by atoms with Crippen LogP contribution in [0.25, 0.3) is 11.1 Å². The fourth-order valence-electron chi connectivity index (χ4n) is 6.04. The summed E-state index contributed by atoms with van der Waals surface area (Å²) >= 11 is 6.46. The number of nitrogens with zero attached hydrogens (tertiary/aromatic N) is 9. The summed E-state index contributed by atoms with van der Waals surface area (Å²) in [6.45, 7) is 8.64. The molecule has 15 heteroatoms. The number of methoxy groups -OCH3 is 1. The normalized spacial score (nSPS) is 20.1. The van der Waals surface area contributed by atoms with Crippen LogP contribution in [-0.4, -0.2) is 103 Å². The number of rotatable bonds is 14. The number of ether oxygens (including phenoxy) is 4. The van der Waals surface area contributed by atoms with Crippen LogP contribution >= 0.6 is 11.6 Å². The SMILES string of the molecule is COC(C)CCOc1nn(C2CCC(N3CCOCC3)CC2)cc1Nc1ncc(-c2ccc(Cl)c(OC(C)Cn3cnnn3)c2)cn1. The zero-order chi connectivity index (χ0) is 32.6. The van der Waals surface area contributed by atoms with Gasteiger partial charge in [0.1, 0.15) is 23.9 Å². The predicted octanol–water partition coefficient (Wildman–Crippen LogP) is 4.81. The van der Waals surface area contributed by atoms with Gasteiger partial charge in [0.15, 0.2) is 0 Å². The number of anilines is 2. The molecule has 4 heterocycles. The number of hydrogen-bond acceptors (Lipinski definition) is 12. The van der Waals surface area contributed by atoms with Gasteiger partial charge in [0, 0.05) is 50.6 Å². The minimum absolute atomic E-state index is 0.0906. The number of tetrazole rings is 1. The zero-order valence-electron chi connectivity index (χ0n) is 27.2. The van der Waals surface area contributed by atoms with Gasteiger partial charge in [-0.25, -0.2) is 14.6 Å². The summed E-state index contributed by atoms with van der Waals surface area (Å²) in [5.41, 5.74) is 2.43. The molecule has 47 heavy (non-hydrogen) atoms. The maximum atomic E-state index is 6.46. The van der Waals surface area contributed by atoms with Crippen LogP contribution in [0.4, 0.5) is 11.6 Å². The average Bonchev–Trinajstić information content (AvgIpc) is 3.76. The average molecular weight is 667 g/mol. The number of benzene rings is 1. The smallest absolute Gasteiger partial charge is 0.256 e. The molecule has 1 N–H and O–H groups in total. The highest BCUT2D eigenvalue weighted by atomic mass is 35.5. The van der Waals surface area contributed by atoms with Crippen molar-refractivity contribution in [2.75, 3.05) is 45.3 Å². The minimum atomic E-state index is -0.205. The molecule has 2 fully saturated rings. The molecule has 3 aromatic heterocycles. The van der Waals surface area contributed by atoms with Crippen LogP contribution in [0, 0.1) is 0 Å². The van der Waals surface area contributed by atoms with E-state index in [1.165, 1.54) is 0 Å². The Labute approximate surface area is 279 Å². The molecule has 1 aromatic carbocycles. The van der Waals surface area contributed by atoms with Crippen molar-refractivity contribution in [1.82, 2.24) is 44.9 Å². The zero-order valence-corrected chi connectivity index (χ0v) is 27.9. The summed E-state index contributed by atoms with van der Waals surface area (Å²) in [6.07, 6.45) is 12.2. The quantitative estimate of drug-likeness (QED) is 0.198. The van der Waals surface area contributed by atoms with Crippen molar-refractivity contribution in [1.29, 1.82) is 0 Å². The third-order valence-corrected chi connectivity index (χ3v) is 9.10. The van der Waals surface area contributed by atoms with Gasteiger partial charge < -0.3 is 24.3 Å². The Bertz CT molecular complexity index is 1540. The second-order valence-corrected chi connectivity index (χ2v) is 12.6. The Morgan fingerprint density at radius 1 is 1.02 bits per heavy atom. The molecule has 1 aliphatic carbocycles. The lowest BCUT2D eigenvalue weighted by Crippen LogP contribution is -2.45. The van der Waals surface area contributed by atoms with Crippen molar-refractivity contribution < 1.29 is 18.9 Å². The van der Waals surface area contributed by atoms with Crippen molar-refractivity contribution in [2.24, 2.45) is 0 Å². The molecule has 0 amide bonds. The topological polar surface area (TPSA) is 139 Å². The third kappa shape index (κ3) is 8.74. The first-order valence-electron chi connectivity index (χ1n) is 16.3. The molecule has 1 saturated heterocycles. The predicted molar refractivity (Wildman–Crippen MR) is 176 cm³/mol. The monoisotopic (exact) mass is 666 g/mol. The standard InChI is InChI=1S/C32H43ClN10O4/c1-22(44-3)10-13-46-31-29(20-43(38-31)27-7-5-26(6-8-27)41-11-14-45-15-12-41)37-32-34-17-25(18-35-32)24-4-9-28(33)30(16-24)47-23(2)19-42-21-36-39-40-42/h4,9,16-18,20-23,26-27H,5-8,10-15,19H2,1-3H3,(H,34,35,37). The van der Waals surface area contributed by atoms with Crippen LogP contribution < -0.4 is 14.8 Å². The second-order valence-electron chi connectivity index (χ2n) is 12.1. The van der Waals surface area contributed by atoms with E-state index in [9.17, 15) is 0 Å². The Morgan fingerprint density at radius 2 is 1.79 bits per heavy atom. The van der Waals surface area contributed by atoms with Gasteiger partial charge in [-0.05, 0) is 67.7 Å². The molecule has 0 bridgehead atoms. The molecular weight excluding hydrogens is 624 g/mol. The van der Waals surface area contributed by atoms with Crippen molar-refractivity contribution in [3.8, 4) is 22.8 Å².